The molecule has 0 atom stereocenters. The number of halogens is 1. The SMILES string of the molecule is Cc1ccc(C)c2sc(N3CCN(C(=O)Nc4ccccc4F)CC3)nc12. The van der Waals surface area contributed by atoms with Gasteiger partial charge in [0.15, 0.2) is 5.13 Å². The number of urea groups is 1. The van der Waals surface area contributed by atoms with Gasteiger partial charge in [-0.05, 0) is 37.1 Å². The van der Waals surface area contributed by atoms with E-state index in [0.717, 1.165) is 10.6 Å². The molecule has 2 aromatic carbocycles. The summed E-state index contributed by atoms with van der Waals surface area (Å²) in [6.07, 6.45) is 0. The lowest BCUT2D eigenvalue weighted by molar-refractivity contribution is 0.208. The molecular formula is C20H21FN4OS. The van der Waals surface area contributed by atoms with Gasteiger partial charge in [-0.3, -0.25) is 0 Å². The topological polar surface area (TPSA) is 48.5 Å². The van der Waals surface area contributed by atoms with Crippen molar-refractivity contribution in [3.8, 4) is 0 Å². The second-order valence-corrected chi connectivity index (χ2v) is 7.74. The number of carbonyl (C=O) groups is 1. The fraction of sp³-hybridized carbons (Fsp3) is 0.300. The lowest BCUT2D eigenvalue weighted by Gasteiger charge is -2.34. The fourth-order valence-electron chi connectivity index (χ4n) is 3.24. The standard InChI is InChI=1S/C20H21FN4OS/c1-13-7-8-14(2)18-17(13)23-20(27-18)25-11-9-24(10-12-25)19(26)22-16-6-4-3-5-15(16)21/h3-8H,9-12H2,1-2H3,(H,22,26). The van der Waals surface area contributed by atoms with Crippen LogP contribution in [0.5, 0.6) is 0 Å². The number of carbonyl (C=O) groups excluding carboxylic acids is 1. The fourth-order valence-corrected chi connectivity index (χ4v) is 4.40. The predicted octanol–water partition coefficient (Wildman–Crippen LogP) is 4.41. The largest absolute Gasteiger partial charge is 0.345 e. The molecule has 27 heavy (non-hydrogen) atoms. The van der Waals surface area contributed by atoms with Crippen LogP contribution in [-0.4, -0.2) is 42.1 Å². The number of thiazole rings is 1. The summed E-state index contributed by atoms with van der Waals surface area (Å²) in [7, 11) is 0. The molecule has 0 bridgehead atoms. The van der Waals surface area contributed by atoms with Crippen LogP contribution < -0.4 is 10.2 Å². The molecule has 0 radical (unpaired) electrons. The number of hydrogen-bond donors (Lipinski definition) is 1. The number of benzene rings is 2. The van der Waals surface area contributed by atoms with Crippen LogP contribution in [0.15, 0.2) is 36.4 Å². The second kappa shape index (κ2) is 7.15. The van der Waals surface area contributed by atoms with Crippen LogP contribution in [0.1, 0.15) is 11.1 Å². The number of hydrogen-bond acceptors (Lipinski definition) is 4. The molecule has 2 heterocycles. The molecule has 1 aromatic heterocycles. The van der Waals surface area contributed by atoms with Crippen molar-refractivity contribution in [3.05, 3.63) is 53.3 Å². The predicted molar refractivity (Wildman–Crippen MR) is 108 cm³/mol. The van der Waals surface area contributed by atoms with Crippen molar-refractivity contribution in [3.63, 3.8) is 0 Å². The number of amides is 2. The molecule has 140 valence electrons. The number of para-hydroxylation sites is 1. The molecule has 2 amide bonds. The number of aromatic nitrogens is 1. The number of aryl methyl sites for hydroxylation is 2. The van der Waals surface area contributed by atoms with Gasteiger partial charge in [0.1, 0.15) is 5.82 Å². The monoisotopic (exact) mass is 384 g/mol. The molecule has 5 nitrogen and oxygen atoms in total. The minimum Gasteiger partial charge on any atom is -0.345 e. The molecule has 0 unspecified atom stereocenters. The van der Waals surface area contributed by atoms with E-state index < -0.39 is 5.82 Å². The summed E-state index contributed by atoms with van der Waals surface area (Å²) in [5.74, 6) is -0.426. The Kier molecular flexibility index (Phi) is 4.70. The van der Waals surface area contributed by atoms with Crippen molar-refractivity contribution in [2.45, 2.75) is 13.8 Å². The van der Waals surface area contributed by atoms with E-state index in [1.807, 2.05) is 0 Å². The highest BCUT2D eigenvalue weighted by Gasteiger charge is 2.24. The summed E-state index contributed by atoms with van der Waals surface area (Å²) in [6.45, 7) is 6.76. The van der Waals surface area contributed by atoms with E-state index >= 15 is 0 Å². The molecule has 1 aliphatic heterocycles. The number of piperazine rings is 1. The Hall–Kier alpha value is -2.67. The van der Waals surface area contributed by atoms with Gasteiger partial charge < -0.3 is 15.1 Å². The third-order valence-corrected chi connectivity index (χ3v) is 6.14. The van der Waals surface area contributed by atoms with E-state index in [9.17, 15) is 9.18 Å². The van der Waals surface area contributed by atoms with Gasteiger partial charge in [0.25, 0.3) is 0 Å². The number of anilines is 2. The van der Waals surface area contributed by atoms with Crippen LogP contribution in [0.2, 0.25) is 0 Å². The molecule has 4 rings (SSSR count). The first-order valence-electron chi connectivity index (χ1n) is 8.95. The van der Waals surface area contributed by atoms with E-state index in [0.29, 0.717) is 26.2 Å². The van der Waals surface area contributed by atoms with E-state index in [1.165, 1.54) is 21.9 Å². The van der Waals surface area contributed by atoms with Gasteiger partial charge >= 0.3 is 6.03 Å². The zero-order valence-electron chi connectivity index (χ0n) is 15.3. The first kappa shape index (κ1) is 17.7. The summed E-state index contributed by atoms with van der Waals surface area (Å²) in [5.41, 5.74) is 3.69. The van der Waals surface area contributed by atoms with Crippen LogP contribution in [-0.2, 0) is 0 Å². The van der Waals surface area contributed by atoms with Gasteiger partial charge in [-0.15, -0.1) is 0 Å². The Morgan fingerprint density at radius 3 is 2.48 bits per heavy atom. The maximum absolute atomic E-state index is 13.7. The van der Waals surface area contributed by atoms with Gasteiger partial charge in [0, 0.05) is 26.2 Å². The Labute approximate surface area is 161 Å². The first-order chi connectivity index (χ1) is 13.0. The molecule has 0 spiro atoms. The third-order valence-electron chi connectivity index (χ3n) is 4.88. The van der Waals surface area contributed by atoms with Crippen molar-refractivity contribution in [2.24, 2.45) is 0 Å². The first-order valence-corrected chi connectivity index (χ1v) is 9.77. The highest BCUT2D eigenvalue weighted by atomic mass is 32.1. The van der Waals surface area contributed by atoms with E-state index in [1.54, 1.807) is 34.4 Å². The lowest BCUT2D eigenvalue weighted by Crippen LogP contribution is -2.50. The van der Waals surface area contributed by atoms with Gasteiger partial charge in [-0.2, -0.15) is 0 Å². The maximum Gasteiger partial charge on any atom is 0.322 e. The summed E-state index contributed by atoms with van der Waals surface area (Å²) < 4.78 is 14.9. The Morgan fingerprint density at radius 2 is 1.78 bits per heavy atom. The van der Waals surface area contributed by atoms with Gasteiger partial charge in [-0.1, -0.05) is 35.6 Å². The van der Waals surface area contributed by atoms with Crippen molar-refractivity contribution in [2.75, 3.05) is 36.4 Å². The van der Waals surface area contributed by atoms with Crippen LogP contribution in [0.3, 0.4) is 0 Å². The van der Waals surface area contributed by atoms with Crippen molar-refractivity contribution >= 4 is 38.4 Å². The van der Waals surface area contributed by atoms with Crippen LogP contribution in [0.25, 0.3) is 10.2 Å². The van der Waals surface area contributed by atoms with Crippen molar-refractivity contribution in [1.29, 1.82) is 0 Å². The van der Waals surface area contributed by atoms with Gasteiger partial charge in [0.2, 0.25) is 0 Å². The van der Waals surface area contributed by atoms with Crippen LogP contribution in [0.4, 0.5) is 20.0 Å². The van der Waals surface area contributed by atoms with Crippen molar-refractivity contribution < 1.29 is 9.18 Å². The molecule has 1 fully saturated rings. The van der Waals surface area contributed by atoms with E-state index in [-0.39, 0.29) is 11.7 Å². The molecule has 1 N–H and O–H groups in total. The summed E-state index contributed by atoms with van der Waals surface area (Å²) >= 11 is 1.70. The zero-order valence-corrected chi connectivity index (χ0v) is 16.1. The van der Waals surface area contributed by atoms with E-state index in [2.05, 4.69) is 36.2 Å². The summed E-state index contributed by atoms with van der Waals surface area (Å²) in [5, 5.41) is 3.65. The summed E-state index contributed by atoms with van der Waals surface area (Å²) in [6, 6.07) is 10.2. The van der Waals surface area contributed by atoms with Gasteiger partial charge in [0.05, 0.1) is 15.9 Å². The molecule has 3 aromatic rings. The highest BCUT2D eigenvalue weighted by Crippen LogP contribution is 2.33. The molecule has 1 aliphatic rings. The number of nitrogens with one attached hydrogen (secondary N) is 1. The summed E-state index contributed by atoms with van der Waals surface area (Å²) in [4.78, 5) is 21.2. The maximum atomic E-state index is 13.7. The quantitative estimate of drug-likeness (QED) is 0.712. The van der Waals surface area contributed by atoms with E-state index in [4.69, 9.17) is 4.98 Å². The third kappa shape index (κ3) is 3.47. The molecule has 0 saturated carbocycles. The molecule has 0 aliphatic carbocycles. The minimum absolute atomic E-state index is 0.210. The average Bonchev–Trinajstić information content (AvgIpc) is 3.13. The Balaban J connectivity index is 1.43. The normalized spacial score (nSPS) is 14.6. The Morgan fingerprint density at radius 1 is 1.07 bits per heavy atom. The zero-order chi connectivity index (χ0) is 19.0. The number of fused-ring (bicyclic) bond motifs is 1. The van der Waals surface area contributed by atoms with Crippen molar-refractivity contribution in [1.82, 2.24) is 9.88 Å². The molecule has 1 saturated heterocycles. The lowest BCUT2D eigenvalue weighted by atomic mass is 10.1. The highest BCUT2D eigenvalue weighted by molar-refractivity contribution is 7.22. The molecule has 7 heteroatoms. The van der Waals surface area contributed by atoms with Gasteiger partial charge in [-0.25, -0.2) is 14.2 Å². The number of rotatable bonds is 2. The van der Waals surface area contributed by atoms with Crippen LogP contribution >= 0.6 is 11.3 Å². The average molecular weight is 384 g/mol. The smallest absolute Gasteiger partial charge is 0.322 e. The van der Waals surface area contributed by atoms with Crippen LogP contribution in [0, 0.1) is 19.7 Å². The Bertz CT molecular complexity index is 956. The molecular weight excluding hydrogens is 363 g/mol. The number of nitrogens with zero attached hydrogens (tertiary/aromatic N) is 3. The second-order valence-electron chi connectivity index (χ2n) is 6.76. The minimum atomic E-state index is -0.426.